The number of aliphatic hydroxyl groups is 1. The summed E-state index contributed by atoms with van der Waals surface area (Å²) in [4.78, 5) is 0. The van der Waals surface area contributed by atoms with Crippen molar-refractivity contribution < 1.29 is 14.2 Å². The van der Waals surface area contributed by atoms with E-state index in [1.54, 1.807) is 6.07 Å². The van der Waals surface area contributed by atoms with Crippen LogP contribution in [0.15, 0.2) is 36.4 Å². The van der Waals surface area contributed by atoms with Crippen molar-refractivity contribution in [2.24, 2.45) is 0 Å². The van der Waals surface area contributed by atoms with Crippen LogP contribution in [0.5, 0.6) is 5.75 Å². The summed E-state index contributed by atoms with van der Waals surface area (Å²) in [6.07, 6.45) is -0.210. The van der Waals surface area contributed by atoms with Crippen molar-refractivity contribution in [2.75, 3.05) is 6.61 Å². The maximum absolute atomic E-state index is 13.7. The van der Waals surface area contributed by atoms with Crippen LogP contribution < -0.4 is 4.74 Å². The zero-order valence-corrected chi connectivity index (χ0v) is 10.8. The molecule has 3 rings (SSSR count). The van der Waals surface area contributed by atoms with Crippen molar-refractivity contribution in [3.8, 4) is 5.75 Å². The monoisotopic (exact) mass is 278 g/mol. The molecule has 0 saturated heterocycles. The smallest absolute Gasteiger partial charge is 0.129 e. The summed E-state index contributed by atoms with van der Waals surface area (Å²) < 4.78 is 19.1. The molecular formula is C15H12ClFO2. The molecule has 1 aliphatic rings. The summed E-state index contributed by atoms with van der Waals surface area (Å²) in [5.74, 6) is 0.371. The predicted molar refractivity (Wildman–Crippen MR) is 71.1 cm³/mol. The first kappa shape index (κ1) is 12.5. The topological polar surface area (TPSA) is 29.5 Å². The van der Waals surface area contributed by atoms with Crippen molar-refractivity contribution in [2.45, 2.75) is 12.5 Å². The van der Waals surface area contributed by atoms with Gasteiger partial charge in [0.2, 0.25) is 0 Å². The first-order valence-corrected chi connectivity index (χ1v) is 6.41. The molecule has 1 N–H and O–H groups in total. The molecule has 0 amide bonds. The molecule has 1 heterocycles. The van der Waals surface area contributed by atoms with Gasteiger partial charge < -0.3 is 9.84 Å². The minimum atomic E-state index is -1.02. The van der Waals surface area contributed by atoms with Crippen LogP contribution in [0.2, 0.25) is 5.02 Å². The molecule has 4 heteroatoms. The lowest BCUT2D eigenvalue weighted by Crippen LogP contribution is -2.03. The Kier molecular flexibility index (Phi) is 3.17. The second kappa shape index (κ2) is 4.83. The minimum Gasteiger partial charge on any atom is -0.493 e. The number of fused-ring (bicyclic) bond motifs is 1. The van der Waals surface area contributed by atoms with E-state index in [0.29, 0.717) is 17.2 Å². The Hall–Kier alpha value is -1.58. The van der Waals surface area contributed by atoms with Gasteiger partial charge in [0.05, 0.1) is 6.61 Å². The van der Waals surface area contributed by atoms with Gasteiger partial charge in [-0.1, -0.05) is 17.7 Å². The predicted octanol–water partition coefficient (Wildman–Crippen LogP) is 3.50. The van der Waals surface area contributed by atoms with Gasteiger partial charge in [-0.2, -0.15) is 0 Å². The van der Waals surface area contributed by atoms with Crippen LogP contribution in [0.3, 0.4) is 0 Å². The summed E-state index contributed by atoms with van der Waals surface area (Å²) in [6.45, 7) is 0.653. The van der Waals surface area contributed by atoms with Crippen molar-refractivity contribution in [1.82, 2.24) is 0 Å². The molecule has 1 aliphatic heterocycles. The number of ether oxygens (including phenoxy) is 1. The second-order valence-electron chi connectivity index (χ2n) is 4.53. The van der Waals surface area contributed by atoms with E-state index in [0.717, 1.165) is 17.7 Å². The third-order valence-corrected chi connectivity index (χ3v) is 3.52. The lowest BCUT2D eigenvalue weighted by Gasteiger charge is -2.13. The highest BCUT2D eigenvalue weighted by Gasteiger charge is 2.19. The minimum absolute atomic E-state index is 0.186. The third-order valence-electron chi connectivity index (χ3n) is 3.28. The lowest BCUT2D eigenvalue weighted by atomic mass is 9.98. The molecule has 0 radical (unpaired) electrons. The van der Waals surface area contributed by atoms with Crippen molar-refractivity contribution in [1.29, 1.82) is 0 Å². The van der Waals surface area contributed by atoms with Gasteiger partial charge in [0.1, 0.15) is 17.7 Å². The van der Waals surface area contributed by atoms with E-state index in [-0.39, 0.29) is 5.56 Å². The van der Waals surface area contributed by atoms with E-state index in [1.165, 1.54) is 18.2 Å². The normalized spacial score (nSPS) is 14.9. The fourth-order valence-electron chi connectivity index (χ4n) is 2.28. The Morgan fingerprint density at radius 1 is 1.21 bits per heavy atom. The second-order valence-corrected chi connectivity index (χ2v) is 4.97. The van der Waals surface area contributed by atoms with Crippen LogP contribution in [-0.2, 0) is 6.42 Å². The Labute approximate surface area is 115 Å². The first-order valence-electron chi connectivity index (χ1n) is 6.04. The van der Waals surface area contributed by atoms with E-state index in [9.17, 15) is 9.50 Å². The van der Waals surface area contributed by atoms with Gasteiger partial charge in [-0.25, -0.2) is 4.39 Å². The maximum Gasteiger partial charge on any atom is 0.129 e. The van der Waals surface area contributed by atoms with Crippen LogP contribution in [0.1, 0.15) is 22.8 Å². The number of aliphatic hydroxyl groups excluding tert-OH is 1. The highest BCUT2D eigenvalue weighted by molar-refractivity contribution is 6.30. The van der Waals surface area contributed by atoms with Gasteiger partial charge in [-0.15, -0.1) is 0 Å². The molecule has 2 aromatic rings. The molecule has 1 unspecified atom stereocenters. The van der Waals surface area contributed by atoms with Gasteiger partial charge in [0, 0.05) is 17.0 Å². The van der Waals surface area contributed by atoms with Gasteiger partial charge in [-0.3, -0.25) is 0 Å². The molecule has 0 aliphatic carbocycles. The summed E-state index contributed by atoms with van der Waals surface area (Å²) in [5.41, 5.74) is 1.87. The van der Waals surface area contributed by atoms with E-state index in [4.69, 9.17) is 16.3 Å². The molecule has 0 aromatic heterocycles. The molecule has 19 heavy (non-hydrogen) atoms. The molecule has 2 aromatic carbocycles. The van der Waals surface area contributed by atoms with Crippen LogP contribution in [0, 0.1) is 5.82 Å². The van der Waals surface area contributed by atoms with Gasteiger partial charge in [-0.05, 0) is 41.5 Å². The number of hydrogen-bond acceptors (Lipinski definition) is 2. The van der Waals surface area contributed by atoms with Crippen molar-refractivity contribution >= 4 is 11.6 Å². The zero-order valence-electron chi connectivity index (χ0n) is 10.1. The van der Waals surface area contributed by atoms with Gasteiger partial charge in [0.25, 0.3) is 0 Å². The Balaban J connectivity index is 1.99. The maximum atomic E-state index is 13.7. The van der Waals surface area contributed by atoms with E-state index < -0.39 is 11.9 Å². The average molecular weight is 279 g/mol. The summed E-state index contributed by atoms with van der Waals surface area (Å²) in [7, 11) is 0. The van der Waals surface area contributed by atoms with E-state index >= 15 is 0 Å². The summed E-state index contributed by atoms with van der Waals surface area (Å²) >= 11 is 5.84. The summed E-state index contributed by atoms with van der Waals surface area (Å²) in [5, 5.41) is 10.7. The van der Waals surface area contributed by atoms with E-state index in [1.807, 2.05) is 12.1 Å². The Bertz CT molecular complexity index is 628. The van der Waals surface area contributed by atoms with Crippen LogP contribution >= 0.6 is 11.6 Å². The number of halogens is 2. The van der Waals surface area contributed by atoms with Crippen LogP contribution in [0.25, 0.3) is 0 Å². The largest absolute Gasteiger partial charge is 0.493 e. The Morgan fingerprint density at radius 2 is 2.05 bits per heavy atom. The van der Waals surface area contributed by atoms with Crippen molar-refractivity contribution in [3.63, 3.8) is 0 Å². The fourth-order valence-corrected chi connectivity index (χ4v) is 2.46. The fraction of sp³-hybridized carbons (Fsp3) is 0.200. The average Bonchev–Trinajstić information content (AvgIpc) is 2.88. The van der Waals surface area contributed by atoms with E-state index in [2.05, 4.69) is 0 Å². The third kappa shape index (κ3) is 2.31. The summed E-state index contributed by atoms with van der Waals surface area (Å²) in [6, 6.07) is 9.58. The first-order chi connectivity index (χ1) is 9.15. The van der Waals surface area contributed by atoms with Crippen LogP contribution in [0.4, 0.5) is 4.39 Å². The molecule has 0 bridgehead atoms. The number of rotatable bonds is 2. The van der Waals surface area contributed by atoms with Gasteiger partial charge in [0.15, 0.2) is 0 Å². The molecular weight excluding hydrogens is 267 g/mol. The lowest BCUT2D eigenvalue weighted by molar-refractivity contribution is 0.215. The Morgan fingerprint density at radius 3 is 2.89 bits per heavy atom. The highest BCUT2D eigenvalue weighted by Crippen LogP contribution is 2.32. The quantitative estimate of drug-likeness (QED) is 0.911. The number of hydrogen-bond donors (Lipinski definition) is 1. The molecule has 2 nitrogen and oxygen atoms in total. The standard InChI is InChI=1S/C15H12ClFO2/c16-11-2-3-13(17)12(8-11)15(18)10-1-4-14-9(7-10)5-6-19-14/h1-4,7-8,15,18H,5-6H2. The SMILES string of the molecule is OC(c1ccc2c(c1)CCO2)c1cc(Cl)ccc1F. The molecule has 0 spiro atoms. The number of benzene rings is 2. The van der Waals surface area contributed by atoms with Crippen LogP contribution in [-0.4, -0.2) is 11.7 Å². The van der Waals surface area contributed by atoms with Crippen molar-refractivity contribution in [3.05, 3.63) is 63.9 Å². The molecule has 98 valence electrons. The highest BCUT2D eigenvalue weighted by atomic mass is 35.5. The molecule has 1 atom stereocenters. The zero-order chi connectivity index (χ0) is 13.4. The molecule has 0 fully saturated rings. The molecule has 0 saturated carbocycles. The van der Waals surface area contributed by atoms with Gasteiger partial charge >= 0.3 is 0 Å².